The van der Waals surface area contributed by atoms with Gasteiger partial charge in [-0.2, -0.15) is 0 Å². The molecule has 0 spiro atoms. The fourth-order valence-electron chi connectivity index (χ4n) is 2.89. The van der Waals surface area contributed by atoms with E-state index in [0.29, 0.717) is 5.13 Å². The minimum absolute atomic E-state index is 0.0950. The quantitative estimate of drug-likeness (QED) is 0.620. The topological polar surface area (TPSA) is 71.1 Å². The van der Waals surface area contributed by atoms with Gasteiger partial charge in [-0.1, -0.05) is 67.6 Å². The number of rotatable bonds is 6. The normalized spacial score (nSPS) is 11.9. The number of carbonyl (C=O) groups excluding carboxylic acids is 2. The van der Waals surface area contributed by atoms with Crippen LogP contribution in [-0.2, 0) is 4.79 Å². The average molecular weight is 412 g/mol. The predicted octanol–water partition coefficient (Wildman–Crippen LogP) is 4.65. The summed E-state index contributed by atoms with van der Waals surface area (Å²) in [6, 6.07) is 14.6. The highest BCUT2D eigenvalue weighted by atomic mass is 32.1. The van der Waals surface area contributed by atoms with Crippen molar-refractivity contribution in [1.82, 2.24) is 10.3 Å². The lowest BCUT2D eigenvalue weighted by atomic mass is 10.0. The molecule has 0 saturated heterocycles. The molecule has 7 heteroatoms. The molecule has 29 heavy (non-hydrogen) atoms. The highest BCUT2D eigenvalue weighted by molar-refractivity contribution is 7.19. The number of nitrogens with zero attached hydrogens (tertiary/aromatic N) is 1. The van der Waals surface area contributed by atoms with E-state index in [1.165, 1.54) is 29.5 Å². The van der Waals surface area contributed by atoms with E-state index in [4.69, 9.17) is 0 Å². The van der Waals surface area contributed by atoms with Crippen LogP contribution in [0.2, 0.25) is 0 Å². The van der Waals surface area contributed by atoms with Crippen molar-refractivity contribution in [2.75, 3.05) is 5.32 Å². The third-order valence-corrected chi connectivity index (χ3v) is 5.54. The van der Waals surface area contributed by atoms with Gasteiger partial charge < -0.3 is 10.6 Å². The zero-order chi connectivity index (χ0) is 21.0. The molecule has 2 N–H and O–H groups in total. The van der Waals surface area contributed by atoms with Gasteiger partial charge in [0.15, 0.2) is 5.13 Å². The molecule has 0 bridgehead atoms. The van der Waals surface area contributed by atoms with Gasteiger partial charge in [0.1, 0.15) is 11.9 Å². The summed E-state index contributed by atoms with van der Waals surface area (Å²) in [4.78, 5) is 30.7. The Bertz CT molecular complexity index is 1020. The fraction of sp³-hybridized carbons (Fsp3) is 0.227. The van der Waals surface area contributed by atoms with Gasteiger partial charge in [-0.25, -0.2) is 9.37 Å². The minimum Gasteiger partial charge on any atom is -0.340 e. The van der Waals surface area contributed by atoms with Gasteiger partial charge in [0.25, 0.3) is 5.91 Å². The molecule has 3 rings (SSSR count). The van der Waals surface area contributed by atoms with E-state index in [1.54, 1.807) is 6.07 Å². The van der Waals surface area contributed by atoms with Crippen LogP contribution in [0.4, 0.5) is 9.52 Å². The second kappa shape index (κ2) is 8.96. The Labute approximate surface area is 173 Å². The van der Waals surface area contributed by atoms with Crippen LogP contribution in [0.1, 0.15) is 29.9 Å². The van der Waals surface area contributed by atoms with E-state index in [2.05, 4.69) is 15.6 Å². The summed E-state index contributed by atoms with van der Waals surface area (Å²) in [5.41, 5.74) is 1.74. The zero-order valence-corrected chi connectivity index (χ0v) is 17.2. The number of nitrogens with one attached hydrogen (secondary N) is 2. The lowest BCUT2D eigenvalue weighted by Gasteiger charge is -2.21. The number of hydrogen-bond acceptors (Lipinski definition) is 4. The summed E-state index contributed by atoms with van der Waals surface area (Å²) < 4.78 is 13.9. The van der Waals surface area contributed by atoms with E-state index in [1.807, 2.05) is 51.1 Å². The van der Waals surface area contributed by atoms with Crippen molar-refractivity contribution in [3.8, 4) is 10.4 Å². The average Bonchev–Trinajstić information content (AvgIpc) is 3.06. The summed E-state index contributed by atoms with van der Waals surface area (Å²) >= 11 is 1.37. The molecule has 0 aliphatic rings. The number of benzene rings is 2. The molecule has 1 unspecified atom stereocenters. The van der Waals surface area contributed by atoms with Gasteiger partial charge in [0, 0.05) is 0 Å². The first-order valence-electron chi connectivity index (χ1n) is 9.26. The van der Waals surface area contributed by atoms with Crippen molar-refractivity contribution < 1.29 is 14.0 Å². The molecule has 1 heterocycles. The van der Waals surface area contributed by atoms with Crippen LogP contribution in [0.25, 0.3) is 10.4 Å². The number of aromatic nitrogens is 1. The Morgan fingerprint density at radius 3 is 2.34 bits per heavy atom. The number of amides is 2. The molecule has 2 aromatic carbocycles. The number of aryl methyl sites for hydroxylation is 1. The number of thiazole rings is 1. The molecule has 3 aromatic rings. The first-order chi connectivity index (χ1) is 13.9. The smallest absolute Gasteiger partial charge is 0.254 e. The molecule has 0 fully saturated rings. The van der Waals surface area contributed by atoms with Gasteiger partial charge >= 0.3 is 0 Å². The molecule has 0 radical (unpaired) electrons. The monoisotopic (exact) mass is 411 g/mol. The predicted molar refractivity (Wildman–Crippen MR) is 113 cm³/mol. The molecule has 150 valence electrons. The Kier molecular flexibility index (Phi) is 6.39. The van der Waals surface area contributed by atoms with Gasteiger partial charge in [0.05, 0.1) is 16.1 Å². The largest absolute Gasteiger partial charge is 0.340 e. The van der Waals surface area contributed by atoms with Crippen molar-refractivity contribution in [2.45, 2.75) is 26.8 Å². The summed E-state index contributed by atoms with van der Waals surface area (Å²) in [6.07, 6.45) is 0. The third-order valence-electron chi connectivity index (χ3n) is 4.42. The van der Waals surface area contributed by atoms with Gasteiger partial charge in [-0.15, -0.1) is 0 Å². The molecular formula is C22H22FN3O2S. The minimum atomic E-state index is -0.827. The number of halogens is 1. The highest BCUT2D eigenvalue weighted by Gasteiger charge is 2.26. The lowest BCUT2D eigenvalue weighted by molar-refractivity contribution is -0.118. The molecule has 1 aromatic heterocycles. The molecule has 0 saturated carbocycles. The summed E-state index contributed by atoms with van der Waals surface area (Å²) in [7, 11) is 0. The Balaban J connectivity index is 1.75. The second-order valence-corrected chi connectivity index (χ2v) is 7.96. The van der Waals surface area contributed by atoms with Crippen molar-refractivity contribution in [3.05, 3.63) is 71.7 Å². The van der Waals surface area contributed by atoms with Crippen LogP contribution < -0.4 is 10.6 Å². The summed E-state index contributed by atoms with van der Waals surface area (Å²) in [6.45, 7) is 5.51. The fourth-order valence-corrected chi connectivity index (χ4v) is 3.86. The molecule has 2 amide bonds. The Morgan fingerprint density at radius 2 is 1.69 bits per heavy atom. The third kappa shape index (κ3) is 4.86. The maximum absolute atomic E-state index is 13.9. The zero-order valence-electron chi connectivity index (χ0n) is 16.4. The molecule has 5 nitrogen and oxygen atoms in total. The number of anilines is 1. The van der Waals surface area contributed by atoms with Crippen LogP contribution in [-0.4, -0.2) is 22.8 Å². The van der Waals surface area contributed by atoms with Gasteiger partial charge in [0.2, 0.25) is 5.91 Å². The van der Waals surface area contributed by atoms with E-state index in [9.17, 15) is 14.0 Å². The van der Waals surface area contributed by atoms with Crippen molar-refractivity contribution in [1.29, 1.82) is 0 Å². The standard InChI is InChI=1S/C22H22FN3O2S/c1-13(2)18(25-20(27)16-11-7-8-12-17(16)23)21(28)26-22-24-14(3)19(29-22)15-9-5-4-6-10-15/h4-13,18H,1-3H3,(H,25,27)(H,24,26,28). The maximum atomic E-state index is 13.9. The Morgan fingerprint density at radius 1 is 1.03 bits per heavy atom. The van der Waals surface area contributed by atoms with Crippen LogP contribution in [0.5, 0.6) is 0 Å². The Hall–Kier alpha value is -3.06. The lowest BCUT2D eigenvalue weighted by Crippen LogP contribution is -2.47. The number of carbonyl (C=O) groups is 2. The van der Waals surface area contributed by atoms with Crippen LogP contribution in [0, 0.1) is 18.7 Å². The van der Waals surface area contributed by atoms with Gasteiger partial charge in [-0.05, 0) is 30.5 Å². The maximum Gasteiger partial charge on any atom is 0.254 e. The van der Waals surface area contributed by atoms with Gasteiger partial charge in [-0.3, -0.25) is 9.59 Å². The van der Waals surface area contributed by atoms with E-state index >= 15 is 0 Å². The van der Waals surface area contributed by atoms with E-state index in [-0.39, 0.29) is 11.5 Å². The molecule has 0 aliphatic heterocycles. The number of hydrogen-bond donors (Lipinski definition) is 2. The van der Waals surface area contributed by atoms with Crippen molar-refractivity contribution >= 4 is 28.3 Å². The highest BCUT2D eigenvalue weighted by Crippen LogP contribution is 2.32. The second-order valence-electron chi connectivity index (χ2n) is 6.96. The molecular weight excluding hydrogens is 389 g/mol. The van der Waals surface area contributed by atoms with Crippen LogP contribution in [0.15, 0.2) is 54.6 Å². The van der Waals surface area contributed by atoms with Crippen molar-refractivity contribution in [2.24, 2.45) is 5.92 Å². The van der Waals surface area contributed by atoms with Crippen LogP contribution >= 0.6 is 11.3 Å². The first kappa shape index (κ1) is 20.7. The summed E-state index contributed by atoms with van der Waals surface area (Å²) in [5.74, 6) is -1.84. The molecule has 1 atom stereocenters. The van der Waals surface area contributed by atoms with Crippen LogP contribution in [0.3, 0.4) is 0 Å². The first-order valence-corrected chi connectivity index (χ1v) is 10.1. The summed E-state index contributed by atoms with van der Waals surface area (Å²) in [5, 5.41) is 5.87. The van der Waals surface area contributed by atoms with E-state index < -0.39 is 23.7 Å². The van der Waals surface area contributed by atoms with Crippen molar-refractivity contribution in [3.63, 3.8) is 0 Å². The van der Waals surface area contributed by atoms with E-state index in [0.717, 1.165) is 16.1 Å². The molecule has 0 aliphatic carbocycles. The SMILES string of the molecule is Cc1nc(NC(=O)C(NC(=O)c2ccccc2F)C(C)C)sc1-c1ccccc1.